The lowest BCUT2D eigenvalue weighted by Gasteiger charge is -2.22. The van der Waals surface area contributed by atoms with E-state index in [4.69, 9.17) is 5.11 Å². The summed E-state index contributed by atoms with van der Waals surface area (Å²) < 4.78 is 0. The molecule has 0 aliphatic carbocycles. The van der Waals surface area contributed by atoms with Crippen LogP contribution in [0.4, 0.5) is 4.79 Å². The van der Waals surface area contributed by atoms with E-state index in [9.17, 15) is 4.79 Å². The van der Waals surface area contributed by atoms with Gasteiger partial charge >= 0.3 is 6.03 Å². The highest BCUT2D eigenvalue weighted by Gasteiger charge is 2.15. The van der Waals surface area contributed by atoms with Gasteiger partial charge in [-0.15, -0.1) is 0 Å². The fourth-order valence-electron chi connectivity index (χ4n) is 0.711. The summed E-state index contributed by atoms with van der Waals surface area (Å²) >= 11 is 0. The molecule has 0 saturated carbocycles. The molecule has 12 heavy (non-hydrogen) atoms. The summed E-state index contributed by atoms with van der Waals surface area (Å²) in [5.74, 6) is 0.249. The SMILES string of the molecule is CC(C)[C@@H](CO)NC(=O)N(C)C. The Bertz CT molecular complexity index is 146. The van der Waals surface area contributed by atoms with E-state index in [2.05, 4.69) is 5.32 Å². The van der Waals surface area contributed by atoms with Crippen molar-refractivity contribution in [3.8, 4) is 0 Å². The Morgan fingerprint density at radius 3 is 2.25 bits per heavy atom. The van der Waals surface area contributed by atoms with Crippen LogP contribution in [0.15, 0.2) is 0 Å². The minimum Gasteiger partial charge on any atom is -0.394 e. The van der Waals surface area contributed by atoms with Crippen molar-refractivity contribution in [2.75, 3.05) is 20.7 Å². The summed E-state index contributed by atoms with van der Waals surface area (Å²) in [4.78, 5) is 12.6. The molecule has 0 aromatic heterocycles. The molecule has 0 heterocycles. The summed E-state index contributed by atoms with van der Waals surface area (Å²) in [6.07, 6.45) is 0. The predicted molar refractivity (Wildman–Crippen MR) is 47.9 cm³/mol. The second kappa shape index (κ2) is 4.98. The Kier molecular flexibility index (Phi) is 4.66. The van der Waals surface area contributed by atoms with Crippen molar-refractivity contribution in [3.05, 3.63) is 0 Å². The topological polar surface area (TPSA) is 52.6 Å². The smallest absolute Gasteiger partial charge is 0.317 e. The van der Waals surface area contributed by atoms with E-state index in [1.165, 1.54) is 4.90 Å². The molecule has 0 rings (SSSR count). The van der Waals surface area contributed by atoms with Crippen LogP contribution in [0.3, 0.4) is 0 Å². The van der Waals surface area contributed by atoms with E-state index in [0.29, 0.717) is 0 Å². The van der Waals surface area contributed by atoms with Crippen LogP contribution in [0.2, 0.25) is 0 Å². The molecule has 4 heteroatoms. The lowest BCUT2D eigenvalue weighted by Crippen LogP contribution is -2.45. The second-order valence-electron chi connectivity index (χ2n) is 3.38. The zero-order chi connectivity index (χ0) is 9.72. The van der Waals surface area contributed by atoms with Gasteiger partial charge in [-0.25, -0.2) is 4.79 Å². The lowest BCUT2D eigenvalue weighted by atomic mass is 10.1. The molecule has 0 radical (unpaired) electrons. The van der Waals surface area contributed by atoms with Crippen LogP contribution >= 0.6 is 0 Å². The Hall–Kier alpha value is -0.770. The zero-order valence-corrected chi connectivity index (χ0v) is 8.16. The number of aliphatic hydroxyl groups is 1. The number of carbonyl (C=O) groups is 1. The van der Waals surface area contributed by atoms with Gasteiger partial charge in [0, 0.05) is 14.1 Å². The van der Waals surface area contributed by atoms with Gasteiger partial charge in [0.2, 0.25) is 0 Å². The maximum Gasteiger partial charge on any atom is 0.317 e. The first-order valence-electron chi connectivity index (χ1n) is 4.07. The Morgan fingerprint density at radius 2 is 2.00 bits per heavy atom. The van der Waals surface area contributed by atoms with Gasteiger partial charge in [0.1, 0.15) is 0 Å². The number of hydrogen-bond donors (Lipinski definition) is 2. The summed E-state index contributed by atoms with van der Waals surface area (Å²) in [7, 11) is 3.34. The molecule has 0 unspecified atom stereocenters. The van der Waals surface area contributed by atoms with Crippen molar-refractivity contribution in [3.63, 3.8) is 0 Å². The fourth-order valence-corrected chi connectivity index (χ4v) is 0.711. The molecule has 72 valence electrons. The Morgan fingerprint density at radius 1 is 1.50 bits per heavy atom. The summed E-state index contributed by atoms with van der Waals surface area (Å²) in [6.45, 7) is 3.89. The number of nitrogens with one attached hydrogen (secondary N) is 1. The van der Waals surface area contributed by atoms with Crippen molar-refractivity contribution in [2.45, 2.75) is 19.9 Å². The van der Waals surface area contributed by atoms with E-state index in [1.807, 2.05) is 13.8 Å². The van der Waals surface area contributed by atoms with Crippen LogP contribution in [0, 0.1) is 5.92 Å². The van der Waals surface area contributed by atoms with Gasteiger partial charge in [0.25, 0.3) is 0 Å². The molecular formula is C8H18N2O2. The average molecular weight is 174 g/mol. The normalized spacial score (nSPS) is 12.8. The first-order chi connectivity index (χ1) is 5.49. The van der Waals surface area contributed by atoms with Crippen LogP contribution in [-0.2, 0) is 0 Å². The van der Waals surface area contributed by atoms with E-state index < -0.39 is 0 Å². The third-order valence-corrected chi connectivity index (χ3v) is 1.72. The van der Waals surface area contributed by atoms with Crippen LogP contribution in [0.5, 0.6) is 0 Å². The molecule has 0 bridgehead atoms. The monoisotopic (exact) mass is 174 g/mol. The van der Waals surface area contributed by atoms with E-state index in [0.717, 1.165) is 0 Å². The molecule has 2 amide bonds. The van der Waals surface area contributed by atoms with Crippen molar-refractivity contribution in [1.29, 1.82) is 0 Å². The van der Waals surface area contributed by atoms with Crippen LogP contribution < -0.4 is 5.32 Å². The zero-order valence-electron chi connectivity index (χ0n) is 8.16. The van der Waals surface area contributed by atoms with Crippen LogP contribution in [0.1, 0.15) is 13.8 Å². The number of amides is 2. The summed E-state index contributed by atoms with van der Waals surface area (Å²) in [5.41, 5.74) is 0. The van der Waals surface area contributed by atoms with Crippen molar-refractivity contribution >= 4 is 6.03 Å². The van der Waals surface area contributed by atoms with Crippen molar-refractivity contribution in [1.82, 2.24) is 10.2 Å². The molecule has 0 aliphatic rings. The molecule has 4 nitrogen and oxygen atoms in total. The highest BCUT2D eigenvalue weighted by Crippen LogP contribution is 2.00. The highest BCUT2D eigenvalue weighted by molar-refractivity contribution is 5.73. The molecule has 0 aliphatic heterocycles. The number of urea groups is 1. The van der Waals surface area contributed by atoms with Gasteiger partial charge < -0.3 is 15.3 Å². The third-order valence-electron chi connectivity index (χ3n) is 1.72. The minimum atomic E-state index is -0.164. The molecule has 0 spiro atoms. The first-order valence-corrected chi connectivity index (χ1v) is 4.07. The number of nitrogens with zero attached hydrogens (tertiary/aromatic N) is 1. The highest BCUT2D eigenvalue weighted by atomic mass is 16.3. The summed E-state index contributed by atoms with van der Waals surface area (Å²) in [5, 5.41) is 11.6. The number of aliphatic hydroxyl groups excluding tert-OH is 1. The van der Waals surface area contributed by atoms with Gasteiger partial charge in [-0.1, -0.05) is 13.8 Å². The Balaban J connectivity index is 3.94. The number of rotatable bonds is 3. The fraction of sp³-hybridized carbons (Fsp3) is 0.875. The van der Waals surface area contributed by atoms with Crippen LogP contribution in [-0.4, -0.2) is 42.8 Å². The van der Waals surface area contributed by atoms with Crippen molar-refractivity contribution < 1.29 is 9.90 Å². The van der Waals surface area contributed by atoms with Crippen molar-refractivity contribution in [2.24, 2.45) is 5.92 Å². The van der Waals surface area contributed by atoms with Gasteiger partial charge in [-0.2, -0.15) is 0 Å². The lowest BCUT2D eigenvalue weighted by molar-refractivity contribution is 0.183. The molecule has 0 aromatic rings. The van der Waals surface area contributed by atoms with E-state index in [-0.39, 0.29) is 24.6 Å². The number of carbonyl (C=O) groups excluding carboxylic acids is 1. The number of hydrogen-bond acceptors (Lipinski definition) is 2. The van der Waals surface area contributed by atoms with Gasteiger partial charge in [0.15, 0.2) is 0 Å². The van der Waals surface area contributed by atoms with Gasteiger partial charge in [0.05, 0.1) is 12.6 Å². The minimum absolute atomic E-state index is 0.0166. The largest absolute Gasteiger partial charge is 0.394 e. The average Bonchev–Trinajstić information content (AvgIpc) is 1.98. The maximum atomic E-state index is 11.1. The summed E-state index contributed by atoms with van der Waals surface area (Å²) in [6, 6.07) is -0.317. The first kappa shape index (κ1) is 11.2. The molecule has 0 fully saturated rings. The molecular weight excluding hydrogens is 156 g/mol. The van der Waals surface area contributed by atoms with Crippen LogP contribution in [0.25, 0.3) is 0 Å². The standard InChI is InChI=1S/C8H18N2O2/c1-6(2)7(5-11)9-8(12)10(3)4/h6-7,11H,5H2,1-4H3,(H,9,12)/t7-/m1/s1. The second-order valence-corrected chi connectivity index (χ2v) is 3.38. The van der Waals surface area contributed by atoms with E-state index in [1.54, 1.807) is 14.1 Å². The maximum absolute atomic E-state index is 11.1. The third kappa shape index (κ3) is 3.57. The molecule has 0 aromatic carbocycles. The predicted octanol–water partition coefficient (Wildman–Crippen LogP) is 0.275. The van der Waals surface area contributed by atoms with E-state index >= 15 is 0 Å². The molecule has 2 N–H and O–H groups in total. The van der Waals surface area contributed by atoms with Gasteiger partial charge in [-0.3, -0.25) is 0 Å². The Labute approximate surface area is 73.6 Å². The molecule has 0 saturated heterocycles. The molecule has 1 atom stereocenters. The quantitative estimate of drug-likeness (QED) is 0.645. The van der Waals surface area contributed by atoms with Gasteiger partial charge in [-0.05, 0) is 5.92 Å².